The van der Waals surface area contributed by atoms with Crippen molar-refractivity contribution in [2.24, 2.45) is 5.41 Å². The first-order chi connectivity index (χ1) is 25.4. The molecule has 2 aromatic heterocycles. The van der Waals surface area contributed by atoms with Crippen molar-refractivity contribution in [1.29, 1.82) is 0 Å². The van der Waals surface area contributed by atoms with Crippen LogP contribution in [0.5, 0.6) is 0 Å². The number of nitrogens with two attached hydrogens (primary N) is 1. The third kappa shape index (κ3) is 14.4. The molecule has 2 aromatic rings. The van der Waals surface area contributed by atoms with E-state index in [1.54, 1.807) is 6.92 Å². The van der Waals surface area contributed by atoms with E-state index in [1.807, 2.05) is 0 Å². The van der Waals surface area contributed by atoms with E-state index in [-0.39, 0.29) is 53.8 Å². The van der Waals surface area contributed by atoms with Gasteiger partial charge in [0.15, 0.2) is 22.8 Å². The van der Waals surface area contributed by atoms with E-state index in [0.29, 0.717) is 6.42 Å². The third-order valence-electron chi connectivity index (χ3n) is 7.64. The van der Waals surface area contributed by atoms with Crippen molar-refractivity contribution in [1.82, 2.24) is 30.2 Å². The van der Waals surface area contributed by atoms with Gasteiger partial charge in [0, 0.05) is 37.1 Å². The first-order valence-corrected chi connectivity index (χ1v) is 21.7. The first kappa shape index (κ1) is 46.9. The molecular weight excluding hydrogens is 823 g/mol. The molecule has 3 rings (SSSR count). The second-order valence-corrected chi connectivity index (χ2v) is 17.9. The fraction of sp³-hybridized carbons (Fsp3) is 0.692. The summed E-state index contributed by atoms with van der Waals surface area (Å²) in [5.41, 5.74) is 4.23. The van der Waals surface area contributed by atoms with Gasteiger partial charge in [0.05, 0.1) is 25.6 Å². The molecule has 1 aliphatic rings. The average molecular weight is 868 g/mol. The lowest BCUT2D eigenvalue weighted by atomic mass is 9.87. The maximum absolute atomic E-state index is 12.7. The molecule has 0 aliphatic carbocycles. The van der Waals surface area contributed by atoms with Crippen molar-refractivity contribution in [3.8, 4) is 0 Å². The zero-order valence-electron chi connectivity index (χ0n) is 29.5. The average Bonchev–Trinajstić information content (AvgIpc) is 3.64. The number of phosphoric acid groups is 3. The Morgan fingerprint density at radius 2 is 1.73 bits per heavy atom. The Bertz CT molecular complexity index is 1800. The summed E-state index contributed by atoms with van der Waals surface area (Å²) in [6, 6.07) is 0. The lowest BCUT2D eigenvalue weighted by Crippen LogP contribution is -2.46. The van der Waals surface area contributed by atoms with Crippen LogP contribution in [0.3, 0.4) is 0 Å². The summed E-state index contributed by atoms with van der Waals surface area (Å²) in [7, 11) is -16.4. The SMILES string of the molecule is CC[C@@H](O)CC(=O)SCCNC(=O)CCNC(=O)[C@H](O)C(C)(C)COP(=O)(O)OP(=O)(O)OC[C@H]1O[C@@H](n2cnc3c(N)ncnc32)[C@H](O)[C@@H]1OP(=O)(O)O. The third-order valence-corrected chi connectivity index (χ3v) is 11.6. The van der Waals surface area contributed by atoms with E-state index < -0.39 is 90.7 Å². The monoisotopic (exact) mass is 867 g/mol. The number of nitrogen functional groups attached to an aromatic ring is 1. The Hall–Kier alpha value is -2.48. The number of anilines is 1. The van der Waals surface area contributed by atoms with Crippen LogP contribution in [0.1, 0.15) is 46.3 Å². The van der Waals surface area contributed by atoms with Crippen molar-refractivity contribution in [2.75, 3.05) is 37.8 Å². The number of thioether (sulfide) groups is 1. The van der Waals surface area contributed by atoms with E-state index >= 15 is 0 Å². The standard InChI is InChI=1S/C26H44N7O18P3S/c1-4-14(34)9-17(36)55-8-7-28-16(35)5-6-29-24(39)21(38)26(2,3)11-48-54(45,46)51-53(43,44)47-10-15-20(50-52(40,41)42)19(37)25(49-15)33-13-32-18-22(27)30-12-31-23(18)33/h12-15,19-21,25,34,37-38H,4-11H2,1-3H3,(H,28,35)(H,29,39)(H,43,44)(H,45,46)(H2,27,30,31)(H2,40,41,42)/t14-,15-,19-,20-,21+,25-/m1/s1. The van der Waals surface area contributed by atoms with Crippen molar-refractivity contribution in [2.45, 2.75) is 76.8 Å². The normalized spacial score (nSPS) is 22.4. The quantitative estimate of drug-likeness (QED) is 0.0492. The van der Waals surface area contributed by atoms with Gasteiger partial charge in [-0.3, -0.25) is 32.5 Å². The highest BCUT2D eigenvalue weighted by Gasteiger charge is 2.50. The van der Waals surface area contributed by atoms with Crippen molar-refractivity contribution >= 4 is 69.1 Å². The smallest absolute Gasteiger partial charge is 0.393 e. The molecule has 3 heterocycles. The number of imidazole rings is 1. The van der Waals surface area contributed by atoms with Crippen LogP contribution >= 0.6 is 35.2 Å². The Morgan fingerprint density at radius 3 is 2.38 bits per heavy atom. The first-order valence-electron chi connectivity index (χ1n) is 16.2. The number of carbonyl (C=O) groups excluding carboxylic acids is 3. The number of ether oxygens (including phenoxy) is 1. The van der Waals surface area contributed by atoms with Gasteiger partial charge in [-0.2, -0.15) is 4.31 Å². The maximum atomic E-state index is 12.7. The fourth-order valence-electron chi connectivity index (χ4n) is 4.69. The van der Waals surface area contributed by atoms with Crippen LogP contribution in [-0.2, 0) is 50.7 Å². The lowest BCUT2D eigenvalue weighted by molar-refractivity contribution is -0.137. The van der Waals surface area contributed by atoms with Crippen molar-refractivity contribution in [3.63, 3.8) is 0 Å². The van der Waals surface area contributed by atoms with Gasteiger partial charge >= 0.3 is 23.5 Å². The van der Waals surface area contributed by atoms with Gasteiger partial charge in [0.1, 0.15) is 36.3 Å². The van der Waals surface area contributed by atoms with E-state index in [9.17, 15) is 63.0 Å². The molecule has 11 N–H and O–H groups in total. The molecule has 1 fully saturated rings. The Kier molecular flexibility index (Phi) is 16.9. The number of amides is 2. The molecule has 8 atom stereocenters. The molecule has 1 saturated heterocycles. The summed E-state index contributed by atoms with van der Waals surface area (Å²) in [5, 5.41) is 35.5. The van der Waals surface area contributed by atoms with Gasteiger partial charge in [-0.25, -0.2) is 28.6 Å². The van der Waals surface area contributed by atoms with Crippen LogP contribution in [0, 0.1) is 5.41 Å². The molecule has 312 valence electrons. The highest BCUT2D eigenvalue weighted by molar-refractivity contribution is 8.13. The van der Waals surface area contributed by atoms with Gasteiger partial charge in [-0.15, -0.1) is 0 Å². The van der Waals surface area contributed by atoms with E-state index in [0.717, 1.165) is 29.0 Å². The molecule has 0 aromatic carbocycles. The van der Waals surface area contributed by atoms with Gasteiger partial charge in [0.2, 0.25) is 11.8 Å². The van der Waals surface area contributed by atoms with Gasteiger partial charge < -0.3 is 56.0 Å². The summed E-state index contributed by atoms with van der Waals surface area (Å²) >= 11 is 0.954. The van der Waals surface area contributed by atoms with Crippen LogP contribution in [0.2, 0.25) is 0 Å². The zero-order chi connectivity index (χ0) is 41.4. The molecule has 0 spiro atoms. The molecule has 1 aliphatic heterocycles. The summed E-state index contributed by atoms with van der Waals surface area (Å²) in [5.74, 6) is -1.25. The number of hydrogen-bond acceptors (Lipinski definition) is 19. The van der Waals surface area contributed by atoms with Crippen LogP contribution in [0.25, 0.3) is 11.2 Å². The molecule has 29 heteroatoms. The second-order valence-electron chi connectivity index (χ2n) is 12.6. The van der Waals surface area contributed by atoms with E-state index in [4.69, 9.17) is 19.5 Å². The van der Waals surface area contributed by atoms with Crippen molar-refractivity contribution < 1.29 is 85.6 Å². The zero-order valence-corrected chi connectivity index (χ0v) is 33.0. The lowest BCUT2D eigenvalue weighted by Gasteiger charge is -2.30. The molecule has 0 saturated carbocycles. The van der Waals surface area contributed by atoms with E-state index in [1.165, 1.54) is 13.8 Å². The molecular formula is C26H44N7O18P3S. The van der Waals surface area contributed by atoms with Crippen LogP contribution in [0.15, 0.2) is 12.7 Å². The number of carbonyl (C=O) groups is 3. The molecule has 0 radical (unpaired) electrons. The summed E-state index contributed by atoms with van der Waals surface area (Å²) in [4.78, 5) is 87.1. The molecule has 0 bridgehead atoms. The number of aliphatic hydroxyl groups is 3. The van der Waals surface area contributed by atoms with Gasteiger partial charge in [-0.05, 0) is 6.42 Å². The van der Waals surface area contributed by atoms with Crippen molar-refractivity contribution in [3.05, 3.63) is 12.7 Å². The number of nitrogens with zero attached hydrogens (tertiary/aromatic N) is 4. The van der Waals surface area contributed by atoms with Crippen LogP contribution in [-0.4, -0.2) is 134 Å². The van der Waals surface area contributed by atoms with Gasteiger partial charge in [-0.1, -0.05) is 32.5 Å². The highest BCUT2D eigenvalue weighted by Crippen LogP contribution is 2.61. The number of nitrogens with one attached hydrogen (secondary N) is 2. The summed E-state index contributed by atoms with van der Waals surface area (Å²) in [6.45, 7) is 2.11. The Morgan fingerprint density at radius 1 is 1.05 bits per heavy atom. The second kappa shape index (κ2) is 19.8. The number of phosphoric ester groups is 3. The summed E-state index contributed by atoms with van der Waals surface area (Å²) < 4.78 is 62.0. The predicted octanol–water partition coefficient (Wildman–Crippen LogP) is -1.17. The number of aliphatic hydroxyl groups excluding tert-OH is 3. The number of rotatable bonds is 22. The number of fused-ring (bicyclic) bond motifs is 1. The molecule has 25 nitrogen and oxygen atoms in total. The fourth-order valence-corrected chi connectivity index (χ4v) is 8.26. The van der Waals surface area contributed by atoms with Crippen LogP contribution in [0.4, 0.5) is 5.82 Å². The minimum atomic E-state index is -5.57. The topological polar surface area (TPSA) is 384 Å². The number of hydrogen-bond donors (Lipinski definition) is 10. The van der Waals surface area contributed by atoms with Gasteiger partial charge in [0.25, 0.3) is 0 Å². The number of aromatic nitrogens is 4. The predicted molar refractivity (Wildman–Crippen MR) is 188 cm³/mol. The Labute approximate surface area is 317 Å². The van der Waals surface area contributed by atoms with Crippen LogP contribution < -0.4 is 16.4 Å². The minimum Gasteiger partial charge on any atom is -0.393 e. The minimum absolute atomic E-state index is 0.00298. The van der Waals surface area contributed by atoms with E-state index in [2.05, 4.69) is 34.4 Å². The molecule has 2 amide bonds. The Balaban J connectivity index is 1.49. The maximum Gasteiger partial charge on any atom is 0.481 e. The summed E-state index contributed by atoms with van der Waals surface area (Å²) in [6.07, 6.45) is -7.28. The molecule has 55 heavy (non-hydrogen) atoms. The highest BCUT2D eigenvalue weighted by atomic mass is 32.2. The largest absolute Gasteiger partial charge is 0.481 e. The molecule has 2 unspecified atom stereocenters.